The molecule has 96 valence electrons. The molecule has 1 saturated heterocycles. The number of hydrazine groups is 1. The smallest absolute Gasteiger partial charge is 0.426 e. The van der Waals surface area contributed by atoms with Gasteiger partial charge in [0.1, 0.15) is 0 Å². The molecule has 0 aromatic heterocycles. The van der Waals surface area contributed by atoms with Crippen LogP contribution in [0.3, 0.4) is 0 Å². The van der Waals surface area contributed by atoms with Gasteiger partial charge in [-0.1, -0.05) is 0 Å². The van der Waals surface area contributed by atoms with E-state index in [1.54, 1.807) is 0 Å². The summed E-state index contributed by atoms with van der Waals surface area (Å²) in [6.07, 6.45) is 0.597. The number of hydrogen-bond acceptors (Lipinski definition) is 6. The van der Waals surface area contributed by atoms with Crippen LogP contribution in [0.5, 0.6) is 0 Å². The molecule has 7 N–H and O–H groups in total. The van der Waals surface area contributed by atoms with Crippen molar-refractivity contribution in [2.75, 3.05) is 6.54 Å². The quantitative estimate of drug-likeness (QED) is 0.320. The standard InChI is InChI=1S/C8H17BN4O4/c10-5(1-2-7(11)14)8(15)13-6(9(16)17)3-4-12-13/h5-6,12,16-17H,1-4,10H2,(H2,11,14)/t5-,6?/m0/s1. The number of amides is 2. The lowest BCUT2D eigenvalue weighted by molar-refractivity contribution is -0.135. The summed E-state index contributed by atoms with van der Waals surface area (Å²) in [6, 6.07) is -0.880. The van der Waals surface area contributed by atoms with Crippen molar-refractivity contribution in [3.05, 3.63) is 0 Å². The fraction of sp³-hybridized carbons (Fsp3) is 0.750. The van der Waals surface area contributed by atoms with Crippen LogP contribution in [-0.2, 0) is 9.59 Å². The van der Waals surface area contributed by atoms with Crippen molar-refractivity contribution in [2.45, 2.75) is 31.2 Å². The minimum absolute atomic E-state index is 0.0209. The van der Waals surface area contributed by atoms with Gasteiger partial charge in [0.05, 0.1) is 12.0 Å². The zero-order chi connectivity index (χ0) is 13.0. The molecular weight excluding hydrogens is 227 g/mol. The molecule has 1 rings (SSSR count). The van der Waals surface area contributed by atoms with E-state index in [9.17, 15) is 9.59 Å². The summed E-state index contributed by atoms with van der Waals surface area (Å²) in [6.45, 7) is 0.469. The van der Waals surface area contributed by atoms with Gasteiger partial charge in [-0.15, -0.1) is 0 Å². The van der Waals surface area contributed by atoms with E-state index in [0.717, 1.165) is 5.01 Å². The Balaban J connectivity index is 2.53. The predicted molar refractivity (Wildman–Crippen MR) is 59.8 cm³/mol. The molecule has 17 heavy (non-hydrogen) atoms. The summed E-state index contributed by atoms with van der Waals surface area (Å²) in [4.78, 5) is 22.4. The Bertz CT molecular complexity index is 301. The van der Waals surface area contributed by atoms with E-state index in [1.807, 2.05) is 0 Å². The Morgan fingerprint density at radius 2 is 2.18 bits per heavy atom. The molecule has 2 atom stereocenters. The van der Waals surface area contributed by atoms with E-state index in [-0.39, 0.29) is 12.8 Å². The lowest BCUT2D eigenvalue weighted by Gasteiger charge is -2.26. The third-order valence-electron chi connectivity index (χ3n) is 2.65. The molecule has 9 heteroatoms. The van der Waals surface area contributed by atoms with Crippen molar-refractivity contribution < 1.29 is 19.6 Å². The van der Waals surface area contributed by atoms with Crippen LogP contribution in [0.1, 0.15) is 19.3 Å². The first-order valence-corrected chi connectivity index (χ1v) is 5.40. The van der Waals surface area contributed by atoms with Gasteiger partial charge in [0, 0.05) is 13.0 Å². The Morgan fingerprint density at radius 1 is 1.53 bits per heavy atom. The third-order valence-corrected chi connectivity index (χ3v) is 2.65. The summed E-state index contributed by atoms with van der Waals surface area (Å²) in [5.74, 6) is -1.70. The molecule has 0 bridgehead atoms. The minimum Gasteiger partial charge on any atom is -0.426 e. The first-order valence-electron chi connectivity index (χ1n) is 5.40. The van der Waals surface area contributed by atoms with Crippen molar-refractivity contribution in [1.29, 1.82) is 0 Å². The van der Waals surface area contributed by atoms with Crippen LogP contribution >= 0.6 is 0 Å². The number of nitrogens with two attached hydrogens (primary N) is 2. The number of rotatable bonds is 5. The van der Waals surface area contributed by atoms with Gasteiger partial charge in [0.15, 0.2) is 0 Å². The van der Waals surface area contributed by atoms with E-state index in [4.69, 9.17) is 21.5 Å². The number of hydrogen-bond donors (Lipinski definition) is 5. The van der Waals surface area contributed by atoms with Gasteiger partial charge in [-0.3, -0.25) is 14.6 Å². The van der Waals surface area contributed by atoms with Crippen LogP contribution in [0.15, 0.2) is 0 Å². The fourth-order valence-corrected chi connectivity index (χ4v) is 1.70. The van der Waals surface area contributed by atoms with Crippen LogP contribution in [-0.4, -0.2) is 52.5 Å². The molecule has 2 amide bonds. The summed E-state index contributed by atoms with van der Waals surface area (Å²) < 4.78 is 0. The third kappa shape index (κ3) is 3.67. The van der Waals surface area contributed by atoms with Gasteiger partial charge < -0.3 is 21.5 Å². The van der Waals surface area contributed by atoms with E-state index >= 15 is 0 Å². The first kappa shape index (κ1) is 13.9. The van der Waals surface area contributed by atoms with Gasteiger partial charge in [-0.25, -0.2) is 5.43 Å². The molecular formula is C8H17BN4O4. The molecule has 0 saturated carbocycles. The molecule has 1 unspecified atom stereocenters. The van der Waals surface area contributed by atoms with Gasteiger partial charge >= 0.3 is 7.12 Å². The van der Waals surface area contributed by atoms with E-state index in [1.165, 1.54) is 0 Å². The molecule has 1 heterocycles. The van der Waals surface area contributed by atoms with Gasteiger partial charge in [0.2, 0.25) is 5.91 Å². The monoisotopic (exact) mass is 244 g/mol. The largest absolute Gasteiger partial charge is 0.477 e. The average molecular weight is 244 g/mol. The lowest BCUT2D eigenvalue weighted by atomic mass is 9.77. The first-order chi connectivity index (χ1) is 7.93. The molecule has 1 aliphatic heterocycles. The molecule has 0 aliphatic carbocycles. The minimum atomic E-state index is -1.61. The molecule has 8 nitrogen and oxygen atoms in total. The molecule has 0 aromatic rings. The SMILES string of the molecule is NC(=O)CC[C@H](N)C(=O)N1NCCC1B(O)O. The highest BCUT2D eigenvalue weighted by molar-refractivity contribution is 6.43. The second kappa shape index (κ2) is 5.96. The van der Waals surface area contributed by atoms with Crippen molar-refractivity contribution in [2.24, 2.45) is 11.5 Å². The van der Waals surface area contributed by atoms with Crippen LogP contribution in [0.2, 0.25) is 0 Å². The Morgan fingerprint density at radius 3 is 2.71 bits per heavy atom. The molecule has 0 radical (unpaired) electrons. The second-order valence-corrected chi connectivity index (χ2v) is 4.00. The maximum Gasteiger partial charge on any atom is 0.477 e. The Hall–Kier alpha value is -1.16. The van der Waals surface area contributed by atoms with E-state index < -0.39 is 30.9 Å². The number of carbonyl (C=O) groups excluding carboxylic acids is 2. The number of nitrogens with one attached hydrogen (secondary N) is 1. The number of carbonyl (C=O) groups is 2. The van der Waals surface area contributed by atoms with Crippen molar-refractivity contribution in [1.82, 2.24) is 10.4 Å². The highest BCUT2D eigenvalue weighted by Gasteiger charge is 2.38. The average Bonchev–Trinajstić information content (AvgIpc) is 2.73. The molecule has 1 fully saturated rings. The maximum atomic E-state index is 11.8. The van der Waals surface area contributed by atoms with Crippen molar-refractivity contribution >= 4 is 18.9 Å². The van der Waals surface area contributed by atoms with Gasteiger partial charge in [0.25, 0.3) is 5.91 Å². The summed E-state index contributed by atoms with van der Waals surface area (Å²) in [7, 11) is -1.61. The summed E-state index contributed by atoms with van der Waals surface area (Å²) >= 11 is 0. The van der Waals surface area contributed by atoms with Crippen molar-refractivity contribution in [3.8, 4) is 0 Å². The predicted octanol–water partition coefficient (Wildman–Crippen LogP) is -3.30. The Kier molecular flexibility index (Phi) is 4.88. The van der Waals surface area contributed by atoms with Crippen LogP contribution in [0.4, 0.5) is 0 Å². The lowest BCUT2D eigenvalue weighted by Crippen LogP contribution is -2.55. The number of primary amides is 1. The van der Waals surface area contributed by atoms with Crippen LogP contribution in [0, 0.1) is 0 Å². The topological polar surface area (TPSA) is 142 Å². The normalized spacial score (nSPS) is 21.4. The van der Waals surface area contributed by atoms with Gasteiger partial charge in [-0.05, 0) is 12.8 Å². The summed E-state index contributed by atoms with van der Waals surface area (Å²) in [5.41, 5.74) is 13.3. The molecule has 0 aromatic carbocycles. The van der Waals surface area contributed by atoms with Crippen LogP contribution < -0.4 is 16.9 Å². The fourth-order valence-electron chi connectivity index (χ4n) is 1.70. The highest BCUT2D eigenvalue weighted by atomic mass is 16.4. The molecule has 0 spiro atoms. The highest BCUT2D eigenvalue weighted by Crippen LogP contribution is 2.12. The zero-order valence-corrected chi connectivity index (χ0v) is 9.37. The van der Waals surface area contributed by atoms with Gasteiger partial charge in [-0.2, -0.15) is 0 Å². The zero-order valence-electron chi connectivity index (χ0n) is 9.37. The maximum absolute atomic E-state index is 11.8. The molecule has 1 aliphatic rings. The van der Waals surface area contributed by atoms with E-state index in [0.29, 0.717) is 13.0 Å². The number of nitrogens with zero attached hydrogens (tertiary/aromatic N) is 1. The van der Waals surface area contributed by atoms with E-state index in [2.05, 4.69) is 5.43 Å². The second-order valence-electron chi connectivity index (χ2n) is 4.00. The Labute approximate surface area is 99.1 Å². The van der Waals surface area contributed by atoms with Crippen molar-refractivity contribution in [3.63, 3.8) is 0 Å². The van der Waals surface area contributed by atoms with Crippen LogP contribution in [0.25, 0.3) is 0 Å². The summed E-state index contributed by atoms with van der Waals surface area (Å²) in [5, 5.41) is 19.3.